The highest BCUT2D eigenvalue weighted by atomic mass is 32.2. The van der Waals surface area contributed by atoms with Gasteiger partial charge in [0.05, 0.1) is 13.1 Å². The second-order valence-electron chi connectivity index (χ2n) is 5.88. The Morgan fingerprint density at radius 1 is 1.57 bits per heavy atom. The van der Waals surface area contributed by atoms with Crippen LogP contribution in [0.2, 0.25) is 0 Å². The van der Waals surface area contributed by atoms with Gasteiger partial charge < -0.3 is 16.0 Å². The van der Waals surface area contributed by atoms with E-state index < -0.39 is 10.8 Å². The molecule has 1 fully saturated rings. The van der Waals surface area contributed by atoms with Crippen molar-refractivity contribution in [3.63, 3.8) is 0 Å². The molecular formula is C16H26N4O2S. The summed E-state index contributed by atoms with van der Waals surface area (Å²) in [5.41, 5.74) is 8.11. The van der Waals surface area contributed by atoms with Crippen molar-refractivity contribution in [3.8, 4) is 0 Å². The van der Waals surface area contributed by atoms with E-state index in [-0.39, 0.29) is 11.9 Å². The van der Waals surface area contributed by atoms with Crippen LogP contribution in [0.1, 0.15) is 26.7 Å². The van der Waals surface area contributed by atoms with Crippen molar-refractivity contribution in [2.45, 2.75) is 32.7 Å². The van der Waals surface area contributed by atoms with Gasteiger partial charge in [-0.2, -0.15) is 0 Å². The molecule has 0 aliphatic carbocycles. The Hall–Kier alpha value is -1.63. The van der Waals surface area contributed by atoms with Gasteiger partial charge in [0.2, 0.25) is 5.91 Å². The van der Waals surface area contributed by atoms with Crippen LogP contribution in [-0.4, -0.2) is 58.0 Å². The second-order valence-corrected chi connectivity index (χ2v) is 7.50. The van der Waals surface area contributed by atoms with Crippen molar-refractivity contribution in [2.24, 2.45) is 10.7 Å². The summed E-state index contributed by atoms with van der Waals surface area (Å²) in [5, 5.41) is 3.50. The number of carbonyl (C=O) groups is 1. The van der Waals surface area contributed by atoms with Crippen LogP contribution in [0.3, 0.4) is 0 Å². The van der Waals surface area contributed by atoms with Crippen LogP contribution in [0.25, 0.3) is 0 Å². The van der Waals surface area contributed by atoms with E-state index in [1.54, 1.807) is 11.8 Å². The molecule has 0 aromatic heterocycles. The van der Waals surface area contributed by atoms with Crippen LogP contribution in [0.15, 0.2) is 28.4 Å². The lowest BCUT2D eigenvalue weighted by molar-refractivity contribution is -0.128. The predicted molar refractivity (Wildman–Crippen MR) is 94.6 cm³/mol. The number of nitrogens with one attached hydrogen (secondary N) is 1. The highest BCUT2D eigenvalue weighted by molar-refractivity contribution is 7.85. The number of nitrogens with two attached hydrogens (primary N) is 1. The van der Waals surface area contributed by atoms with Gasteiger partial charge in [-0.15, -0.1) is 0 Å². The maximum Gasteiger partial charge on any atom is 0.219 e. The minimum atomic E-state index is -0.720. The van der Waals surface area contributed by atoms with Gasteiger partial charge in [-0.25, -0.2) is 0 Å². The maximum absolute atomic E-state index is 11.7. The number of carbonyl (C=O) groups excluding carboxylic acids is 1. The largest absolute Gasteiger partial charge is 0.384 e. The zero-order chi connectivity index (χ0) is 16.8. The van der Waals surface area contributed by atoms with Crippen molar-refractivity contribution in [1.29, 1.82) is 0 Å². The zero-order valence-corrected chi connectivity index (χ0v) is 14.7. The third-order valence-corrected chi connectivity index (χ3v) is 5.63. The van der Waals surface area contributed by atoms with Gasteiger partial charge in [0.1, 0.15) is 5.84 Å². The number of rotatable bonds is 5. The molecule has 1 amide bonds. The lowest BCUT2D eigenvalue weighted by atomic mass is 10.0. The molecule has 0 bridgehead atoms. The van der Waals surface area contributed by atoms with E-state index in [9.17, 15) is 9.00 Å². The second kappa shape index (κ2) is 8.29. The molecule has 7 heteroatoms. The lowest BCUT2D eigenvalue weighted by Gasteiger charge is -2.31. The van der Waals surface area contributed by atoms with Crippen molar-refractivity contribution >= 4 is 22.5 Å². The molecular weight excluding hydrogens is 312 g/mol. The molecule has 0 radical (unpaired) electrons. The number of aliphatic imine (C=N–C) groups is 1. The molecule has 2 atom stereocenters. The summed E-state index contributed by atoms with van der Waals surface area (Å²) < 4.78 is 11.6. The Morgan fingerprint density at radius 3 is 2.96 bits per heavy atom. The molecule has 3 N–H and O–H groups in total. The quantitative estimate of drug-likeness (QED) is 0.435. The van der Waals surface area contributed by atoms with Crippen molar-refractivity contribution < 1.29 is 9.00 Å². The van der Waals surface area contributed by atoms with Crippen LogP contribution >= 0.6 is 0 Å². The Bertz CT molecular complexity index is 568. The molecule has 1 saturated heterocycles. The molecule has 23 heavy (non-hydrogen) atoms. The average molecular weight is 338 g/mol. The summed E-state index contributed by atoms with van der Waals surface area (Å²) in [7, 11) is -0.720. The molecule has 0 saturated carbocycles. The fraction of sp³-hybridized carbons (Fsp3) is 0.625. The van der Waals surface area contributed by atoms with Gasteiger partial charge in [-0.1, -0.05) is 12.2 Å². The Kier molecular flexibility index (Phi) is 6.38. The maximum atomic E-state index is 11.7. The zero-order valence-electron chi connectivity index (χ0n) is 13.9. The standard InChI is InChI=1S/C16H26N4O2S/c1-3-4-7-18-16(17)14-10-20(12(2)21)8-5-15(14)19-13-6-9-23(22)11-13/h3-4,13,19H,5-11H2,1-2H3,(H2,17,18)/b4-3-. The van der Waals surface area contributed by atoms with Gasteiger partial charge in [0, 0.05) is 59.5 Å². The molecule has 6 nitrogen and oxygen atoms in total. The van der Waals surface area contributed by atoms with E-state index >= 15 is 0 Å². The number of nitrogens with zero attached hydrogens (tertiary/aromatic N) is 2. The SMILES string of the molecule is C/C=C\CN=C(N)C1=C(NC2CCS(=O)C2)CCN(C(C)=O)C1. The Morgan fingerprint density at radius 2 is 2.35 bits per heavy atom. The normalized spacial score (nSPS) is 26.2. The van der Waals surface area contributed by atoms with Crippen LogP contribution in [0.5, 0.6) is 0 Å². The van der Waals surface area contributed by atoms with Gasteiger partial charge >= 0.3 is 0 Å². The number of hydrogen-bond donors (Lipinski definition) is 2. The van der Waals surface area contributed by atoms with E-state index in [0.717, 1.165) is 29.9 Å². The smallest absolute Gasteiger partial charge is 0.219 e. The van der Waals surface area contributed by atoms with Crippen LogP contribution in [0, 0.1) is 0 Å². The van der Waals surface area contributed by atoms with E-state index in [2.05, 4.69) is 10.3 Å². The number of hydrogen-bond acceptors (Lipinski definition) is 4. The first kappa shape index (κ1) is 17.7. The molecule has 2 unspecified atom stereocenters. The van der Waals surface area contributed by atoms with Gasteiger partial charge in [0.25, 0.3) is 0 Å². The summed E-state index contributed by atoms with van der Waals surface area (Å²) >= 11 is 0. The summed E-state index contributed by atoms with van der Waals surface area (Å²) in [4.78, 5) is 17.8. The molecule has 128 valence electrons. The summed E-state index contributed by atoms with van der Waals surface area (Å²) in [5.74, 6) is 1.97. The van der Waals surface area contributed by atoms with E-state index in [0.29, 0.717) is 31.2 Å². The average Bonchev–Trinajstić information content (AvgIpc) is 2.92. The molecule has 0 aromatic carbocycles. The van der Waals surface area contributed by atoms with E-state index in [1.165, 1.54) is 0 Å². The highest BCUT2D eigenvalue weighted by Gasteiger charge is 2.27. The molecule has 2 rings (SSSR count). The van der Waals surface area contributed by atoms with Crippen LogP contribution in [0.4, 0.5) is 0 Å². The molecule has 0 spiro atoms. The summed E-state index contributed by atoms with van der Waals surface area (Å²) in [6, 6.07) is 0.230. The molecule has 2 aliphatic heterocycles. The Labute approximate surface area is 140 Å². The van der Waals surface area contributed by atoms with E-state index in [4.69, 9.17) is 5.73 Å². The topological polar surface area (TPSA) is 87.8 Å². The first-order valence-corrected chi connectivity index (χ1v) is 9.50. The van der Waals surface area contributed by atoms with E-state index in [1.807, 2.05) is 19.1 Å². The summed E-state index contributed by atoms with van der Waals surface area (Å²) in [6.07, 6.45) is 5.51. The minimum Gasteiger partial charge on any atom is -0.384 e. The lowest BCUT2D eigenvalue weighted by Crippen LogP contribution is -2.43. The Balaban J connectivity index is 2.18. The fourth-order valence-electron chi connectivity index (χ4n) is 2.80. The van der Waals surface area contributed by atoms with Gasteiger partial charge in [-0.3, -0.25) is 14.0 Å². The third kappa shape index (κ3) is 4.92. The van der Waals surface area contributed by atoms with Crippen molar-refractivity contribution in [2.75, 3.05) is 31.1 Å². The number of allylic oxidation sites excluding steroid dienone is 1. The van der Waals surface area contributed by atoms with Crippen LogP contribution in [-0.2, 0) is 15.6 Å². The fourth-order valence-corrected chi connectivity index (χ4v) is 4.22. The number of amides is 1. The van der Waals surface area contributed by atoms with Gasteiger partial charge in [-0.05, 0) is 13.3 Å². The third-order valence-electron chi connectivity index (χ3n) is 4.16. The molecule has 0 aromatic rings. The first-order chi connectivity index (χ1) is 11.0. The van der Waals surface area contributed by atoms with Gasteiger partial charge in [0.15, 0.2) is 0 Å². The number of amidine groups is 1. The van der Waals surface area contributed by atoms with Crippen LogP contribution < -0.4 is 11.1 Å². The van der Waals surface area contributed by atoms with Crippen molar-refractivity contribution in [1.82, 2.24) is 10.2 Å². The first-order valence-electron chi connectivity index (χ1n) is 8.01. The molecule has 2 heterocycles. The monoisotopic (exact) mass is 338 g/mol. The predicted octanol–water partition coefficient (Wildman–Crippen LogP) is 0.537. The van der Waals surface area contributed by atoms with Crippen molar-refractivity contribution in [3.05, 3.63) is 23.4 Å². The highest BCUT2D eigenvalue weighted by Crippen LogP contribution is 2.19. The molecule has 2 aliphatic rings. The summed E-state index contributed by atoms with van der Waals surface area (Å²) in [6.45, 7) is 5.21. The minimum absolute atomic E-state index is 0.0461.